The molecule has 0 radical (unpaired) electrons. The van der Waals surface area contributed by atoms with Crippen molar-refractivity contribution in [3.63, 3.8) is 0 Å². The molecule has 0 unspecified atom stereocenters. The Hall–Kier alpha value is -3.36. The standard InChI is InChI=1S/C24H26F3N3O3/c1-22(2,3)14-23(4,5)16-11-9-15(10-12-16)20-29-30-21(32-20)19(31)28-17-7-6-8-18(13-17)33-24(25,26)27/h6-13H,14H2,1-5H3,(H,28,31). The number of ether oxygens (including phenoxy) is 1. The Morgan fingerprint density at radius 1 is 1.00 bits per heavy atom. The van der Waals surface area contributed by atoms with Gasteiger partial charge in [0.25, 0.3) is 0 Å². The number of nitrogens with one attached hydrogen (secondary N) is 1. The first-order valence-electron chi connectivity index (χ1n) is 10.3. The van der Waals surface area contributed by atoms with Gasteiger partial charge in [0.05, 0.1) is 0 Å². The lowest BCUT2D eigenvalue weighted by atomic mass is 9.72. The van der Waals surface area contributed by atoms with E-state index in [1.165, 1.54) is 17.7 Å². The second kappa shape index (κ2) is 8.88. The number of nitrogens with zero attached hydrogens (tertiary/aromatic N) is 2. The van der Waals surface area contributed by atoms with E-state index in [2.05, 4.69) is 54.9 Å². The van der Waals surface area contributed by atoms with Crippen LogP contribution >= 0.6 is 0 Å². The number of anilines is 1. The van der Waals surface area contributed by atoms with Crippen molar-refractivity contribution < 1.29 is 27.1 Å². The molecule has 1 heterocycles. The molecule has 2 aromatic carbocycles. The quantitative estimate of drug-likeness (QED) is 0.447. The van der Waals surface area contributed by atoms with Crippen LogP contribution in [0.25, 0.3) is 11.5 Å². The SMILES string of the molecule is CC(C)(C)CC(C)(C)c1ccc(-c2nnc(C(=O)Nc3cccc(OC(F)(F)F)c3)o2)cc1. The van der Waals surface area contributed by atoms with Crippen LogP contribution in [-0.2, 0) is 5.41 Å². The smallest absolute Gasteiger partial charge is 0.412 e. The fraction of sp³-hybridized carbons (Fsp3) is 0.375. The van der Waals surface area contributed by atoms with Crippen molar-refractivity contribution in [1.29, 1.82) is 0 Å². The minimum Gasteiger partial charge on any atom is -0.412 e. The lowest BCUT2D eigenvalue weighted by molar-refractivity contribution is -0.274. The number of amides is 1. The predicted molar refractivity (Wildman–Crippen MR) is 118 cm³/mol. The van der Waals surface area contributed by atoms with Crippen LogP contribution in [-0.4, -0.2) is 22.5 Å². The van der Waals surface area contributed by atoms with Gasteiger partial charge in [0, 0.05) is 17.3 Å². The minimum atomic E-state index is -4.83. The fourth-order valence-electron chi connectivity index (χ4n) is 3.88. The zero-order valence-electron chi connectivity index (χ0n) is 19.1. The van der Waals surface area contributed by atoms with Crippen molar-refractivity contribution in [3.05, 3.63) is 60.0 Å². The Kier molecular flexibility index (Phi) is 6.53. The van der Waals surface area contributed by atoms with E-state index in [9.17, 15) is 18.0 Å². The summed E-state index contributed by atoms with van der Waals surface area (Å²) in [7, 11) is 0. The van der Waals surface area contributed by atoms with Crippen molar-refractivity contribution >= 4 is 11.6 Å². The van der Waals surface area contributed by atoms with Gasteiger partial charge in [-0.3, -0.25) is 4.79 Å². The molecule has 0 aliphatic rings. The Bertz CT molecular complexity index is 1110. The van der Waals surface area contributed by atoms with Gasteiger partial charge in [-0.2, -0.15) is 0 Å². The molecule has 1 N–H and O–H groups in total. The van der Waals surface area contributed by atoms with Crippen molar-refractivity contribution in [2.24, 2.45) is 5.41 Å². The largest absolute Gasteiger partial charge is 0.573 e. The number of carbonyl (C=O) groups excluding carboxylic acids is 1. The summed E-state index contributed by atoms with van der Waals surface area (Å²) >= 11 is 0. The molecular weight excluding hydrogens is 435 g/mol. The van der Waals surface area contributed by atoms with E-state index in [-0.39, 0.29) is 28.3 Å². The number of hydrogen-bond acceptors (Lipinski definition) is 5. The highest BCUT2D eigenvalue weighted by Gasteiger charge is 2.31. The summed E-state index contributed by atoms with van der Waals surface area (Å²) in [5, 5.41) is 10.1. The molecule has 0 aliphatic heterocycles. The maximum Gasteiger partial charge on any atom is 0.573 e. The van der Waals surface area contributed by atoms with E-state index in [0.29, 0.717) is 5.56 Å². The molecule has 6 nitrogen and oxygen atoms in total. The van der Waals surface area contributed by atoms with Crippen molar-refractivity contribution in [2.45, 2.75) is 52.8 Å². The van der Waals surface area contributed by atoms with Crippen molar-refractivity contribution in [1.82, 2.24) is 10.2 Å². The van der Waals surface area contributed by atoms with E-state index < -0.39 is 18.0 Å². The molecule has 0 bridgehead atoms. The Morgan fingerprint density at radius 2 is 1.67 bits per heavy atom. The first-order valence-corrected chi connectivity index (χ1v) is 10.3. The first kappa shape index (κ1) is 24.3. The van der Waals surface area contributed by atoms with Gasteiger partial charge in [-0.25, -0.2) is 0 Å². The van der Waals surface area contributed by atoms with Gasteiger partial charge in [-0.1, -0.05) is 52.8 Å². The number of benzene rings is 2. The summed E-state index contributed by atoms with van der Waals surface area (Å²) in [6.45, 7) is 11.0. The van der Waals surface area contributed by atoms with E-state index >= 15 is 0 Å². The third-order valence-electron chi connectivity index (χ3n) is 4.83. The normalized spacial score (nSPS) is 12.5. The van der Waals surface area contributed by atoms with Gasteiger partial charge in [-0.15, -0.1) is 23.4 Å². The summed E-state index contributed by atoms with van der Waals surface area (Å²) in [5.74, 6) is -1.36. The van der Waals surface area contributed by atoms with Crippen LogP contribution in [0.3, 0.4) is 0 Å². The number of hydrogen-bond donors (Lipinski definition) is 1. The predicted octanol–water partition coefficient (Wildman–Crippen LogP) is 6.60. The lowest BCUT2D eigenvalue weighted by Crippen LogP contribution is -2.24. The zero-order valence-corrected chi connectivity index (χ0v) is 19.1. The Labute approximate surface area is 190 Å². The van der Waals surface area contributed by atoms with Crippen molar-refractivity contribution in [2.75, 3.05) is 5.32 Å². The van der Waals surface area contributed by atoms with Crippen LogP contribution in [0.15, 0.2) is 52.9 Å². The average molecular weight is 461 g/mol. The molecule has 3 aromatic rings. The monoisotopic (exact) mass is 461 g/mol. The molecule has 0 saturated carbocycles. The Morgan fingerprint density at radius 3 is 2.27 bits per heavy atom. The topological polar surface area (TPSA) is 77.2 Å². The maximum atomic E-state index is 12.4. The van der Waals surface area contributed by atoms with E-state index in [0.717, 1.165) is 18.6 Å². The van der Waals surface area contributed by atoms with Crippen molar-refractivity contribution in [3.8, 4) is 17.2 Å². The van der Waals surface area contributed by atoms with Crippen LogP contribution in [0.4, 0.5) is 18.9 Å². The van der Waals surface area contributed by atoms with E-state index in [1.807, 2.05) is 24.3 Å². The third-order valence-corrected chi connectivity index (χ3v) is 4.83. The van der Waals surface area contributed by atoms with Crippen LogP contribution in [0.2, 0.25) is 0 Å². The molecule has 9 heteroatoms. The van der Waals surface area contributed by atoms with Crippen LogP contribution in [0.5, 0.6) is 5.75 Å². The highest BCUT2D eigenvalue weighted by Crippen LogP contribution is 2.36. The molecule has 0 atom stereocenters. The first-order chi connectivity index (χ1) is 15.2. The Balaban J connectivity index is 1.71. The number of rotatable bonds is 6. The van der Waals surface area contributed by atoms with Gasteiger partial charge in [-0.05, 0) is 47.1 Å². The molecule has 0 fully saturated rings. The number of halogens is 3. The molecule has 1 amide bonds. The summed E-state index contributed by atoms with van der Waals surface area (Å²) in [4.78, 5) is 12.4. The van der Waals surface area contributed by atoms with Crippen LogP contribution in [0.1, 0.15) is 57.3 Å². The summed E-state index contributed by atoms with van der Waals surface area (Å²) in [6, 6.07) is 12.6. The third kappa shape index (κ3) is 6.81. The van der Waals surface area contributed by atoms with Gasteiger partial charge in [0.1, 0.15) is 5.75 Å². The molecule has 3 rings (SSSR count). The zero-order chi connectivity index (χ0) is 24.4. The molecule has 0 saturated heterocycles. The molecule has 176 valence electrons. The maximum absolute atomic E-state index is 12.4. The van der Waals surface area contributed by atoms with Gasteiger partial charge >= 0.3 is 18.2 Å². The molecular formula is C24H26F3N3O3. The molecule has 33 heavy (non-hydrogen) atoms. The van der Waals surface area contributed by atoms with Gasteiger partial charge in [0.15, 0.2) is 0 Å². The molecule has 0 aliphatic carbocycles. The van der Waals surface area contributed by atoms with Crippen LogP contribution in [0, 0.1) is 5.41 Å². The summed E-state index contributed by atoms with van der Waals surface area (Å²) < 4.78 is 46.5. The fourth-order valence-corrected chi connectivity index (χ4v) is 3.88. The molecule has 0 spiro atoms. The van der Waals surface area contributed by atoms with E-state index in [4.69, 9.17) is 4.42 Å². The minimum absolute atomic E-state index is 0.0268. The lowest BCUT2D eigenvalue weighted by Gasteiger charge is -2.33. The highest BCUT2D eigenvalue weighted by atomic mass is 19.4. The highest BCUT2D eigenvalue weighted by molar-refractivity contribution is 6.01. The number of aromatic nitrogens is 2. The van der Waals surface area contributed by atoms with Crippen LogP contribution < -0.4 is 10.1 Å². The van der Waals surface area contributed by atoms with Gasteiger partial charge < -0.3 is 14.5 Å². The molecule has 1 aromatic heterocycles. The second-order valence-corrected chi connectivity index (χ2v) is 9.64. The average Bonchev–Trinajstić information content (AvgIpc) is 3.15. The second-order valence-electron chi connectivity index (χ2n) is 9.64. The van der Waals surface area contributed by atoms with E-state index in [1.54, 1.807) is 0 Å². The summed E-state index contributed by atoms with van der Waals surface area (Å²) in [5.41, 5.74) is 2.06. The number of carbonyl (C=O) groups is 1. The van der Waals surface area contributed by atoms with Gasteiger partial charge in [0.2, 0.25) is 5.89 Å². The summed E-state index contributed by atoms with van der Waals surface area (Å²) in [6.07, 6.45) is -3.83. The number of alkyl halides is 3.